The van der Waals surface area contributed by atoms with Crippen molar-refractivity contribution in [1.82, 2.24) is 9.21 Å². The van der Waals surface area contributed by atoms with Gasteiger partial charge in [0.2, 0.25) is 10.0 Å². The molecule has 10 heteroatoms. The van der Waals surface area contributed by atoms with Gasteiger partial charge in [-0.2, -0.15) is 4.31 Å². The highest BCUT2D eigenvalue weighted by Crippen LogP contribution is 2.26. The van der Waals surface area contributed by atoms with Crippen molar-refractivity contribution in [2.45, 2.75) is 50.4 Å². The molecule has 2 unspecified atom stereocenters. The van der Waals surface area contributed by atoms with Gasteiger partial charge in [-0.25, -0.2) is 12.8 Å². The number of halogens is 1. The lowest BCUT2D eigenvalue weighted by molar-refractivity contribution is -0.00199. The Labute approximate surface area is 218 Å². The first-order chi connectivity index (χ1) is 17.6. The molecule has 0 radical (unpaired) electrons. The number of hydrogen-bond donors (Lipinski definition) is 0. The summed E-state index contributed by atoms with van der Waals surface area (Å²) in [5.41, 5.74) is 3.11. The number of aryl methyl sites for hydroxylation is 2. The molecule has 1 amide bonds. The molecular weight excluding hydrogens is 499 g/mol. The summed E-state index contributed by atoms with van der Waals surface area (Å²) in [6.07, 6.45) is -1.78. The lowest BCUT2D eigenvalue weighted by Gasteiger charge is -2.33. The number of methoxy groups -OCH3 is 1. The van der Waals surface area contributed by atoms with Crippen LogP contribution in [0.2, 0.25) is 0 Å². The molecule has 2 fully saturated rings. The third-order valence-electron chi connectivity index (χ3n) is 7.12. The van der Waals surface area contributed by atoms with Crippen molar-refractivity contribution in [2.75, 3.05) is 40.5 Å². The van der Waals surface area contributed by atoms with Crippen molar-refractivity contribution < 1.29 is 31.8 Å². The Morgan fingerprint density at radius 2 is 1.92 bits per heavy atom. The van der Waals surface area contributed by atoms with Gasteiger partial charge < -0.3 is 19.1 Å². The van der Waals surface area contributed by atoms with E-state index in [4.69, 9.17) is 14.2 Å². The first kappa shape index (κ1) is 27.5. The highest BCUT2D eigenvalue weighted by Gasteiger charge is 2.38. The van der Waals surface area contributed by atoms with Crippen LogP contribution in [0.5, 0.6) is 5.75 Å². The third kappa shape index (κ3) is 6.31. The van der Waals surface area contributed by atoms with E-state index in [1.807, 2.05) is 32.0 Å². The molecule has 2 aromatic rings. The number of carbonyl (C=O) groups excluding carboxylic acids is 1. The van der Waals surface area contributed by atoms with E-state index in [1.165, 1.54) is 7.05 Å². The number of carbonyl (C=O) groups is 1. The number of rotatable bonds is 8. The van der Waals surface area contributed by atoms with Crippen LogP contribution in [0.25, 0.3) is 0 Å². The van der Waals surface area contributed by atoms with Gasteiger partial charge in [-0.1, -0.05) is 29.8 Å². The zero-order valence-corrected chi connectivity index (χ0v) is 22.5. The van der Waals surface area contributed by atoms with Gasteiger partial charge in [0, 0.05) is 26.3 Å². The smallest absolute Gasteiger partial charge is 0.254 e. The molecule has 4 rings (SSSR count). The Balaban J connectivity index is 1.44. The van der Waals surface area contributed by atoms with Gasteiger partial charge in [-0.05, 0) is 49.6 Å². The van der Waals surface area contributed by atoms with Crippen molar-refractivity contribution >= 4 is 15.9 Å². The van der Waals surface area contributed by atoms with Crippen LogP contribution >= 0.6 is 0 Å². The summed E-state index contributed by atoms with van der Waals surface area (Å²) in [6, 6.07) is 11.9. The summed E-state index contributed by atoms with van der Waals surface area (Å²) in [6.45, 7) is 4.84. The minimum Gasteiger partial charge on any atom is -0.486 e. The monoisotopic (exact) mass is 534 g/mol. The van der Waals surface area contributed by atoms with Gasteiger partial charge in [0.25, 0.3) is 5.91 Å². The Kier molecular flexibility index (Phi) is 8.52. The van der Waals surface area contributed by atoms with Crippen LogP contribution in [0.4, 0.5) is 4.39 Å². The predicted octanol–water partition coefficient (Wildman–Crippen LogP) is 3.11. The van der Waals surface area contributed by atoms with Crippen molar-refractivity contribution in [3.8, 4) is 5.75 Å². The fourth-order valence-corrected chi connectivity index (χ4v) is 6.34. The summed E-state index contributed by atoms with van der Waals surface area (Å²) in [5, 5.41) is 0. The number of nitrogens with zero attached hydrogens (tertiary/aromatic N) is 2. The number of likely N-dealkylation sites (tertiary alicyclic amines) is 1. The highest BCUT2D eigenvalue weighted by atomic mass is 32.2. The minimum atomic E-state index is -3.76. The van der Waals surface area contributed by atoms with Crippen molar-refractivity contribution in [2.24, 2.45) is 0 Å². The molecule has 0 spiro atoms. The van der Waals surface area contributed by atoms with Gasteiger partial charge in [-0.3, -0.25) is 4.79 Å². The standard InChI is InChI=1S/C27H35FN2O6S/c1-18-8-9-19(2)22(12-18)27(31)30-14-25(34-4)26(15-30)36-21-7-5-6-20(13-21)17-37(32,33)29(3)24-10-11-35-16-23(24)28/h5-9,12-13,23-26H,10-11,14-17H2,1-4H3/t23-,24-,25?,26?/m1/s1. The van der Waals surface area contributed by atoms with Crippen molar-refractivity contribution in [1.29, 1.82) is 0 Å². The van der Waals surface area contributed by atoms with Crippen LogP contribution in [-0.2, 0) is 25.2 Å². The minimum absolute atomic E-state index is 0.0727. The van der Waals surface area contributed by atoms with Crippen LogP contribution in [0.15, 0.2) is 42.5 Å². The third-order valence-corrected chi connectivity index (χ3v) is 8.97. The van der Waals surface area contributed by atoms with E-state index in [2.05, 4.69) is 0 Å². The Morgan fingerprint density at radius 3 is 2.65 bits per heavy atom. The first-order valence-electron chi connectivity index (χ1n) is 12.4. The summed E-state index contributed by atoms with van der Waals surface area (Å²) in [7, 11) is -0.757. The maximum atomic E-state index is 14.3. The lowest BCUT2D eigenvalue weighted by Crippen LogP contribution is -2.48. The number of alkyl halides is 1. The molecule has 2 aromatic carbocycles. The molecule has 37 heavy (non-hydrogen) atoms. The Morgan fingerprint density at radius 1 is 1.16 bits per heavy atom. The van der Waals surface area contributed by atoms with E-state index < -0.39 is 28.3 Å². The van der Waals surface area contributed by atoms with Crippen LogP contribution in [0.3, 0.4) is 0 Å². The molecule has 8 nitrogen and oxygen atoms in total. The molecule has 0 N–H and O–H groups in total. The van der Waals surface area contributed by atoms with E-state index in [9.17, 15) is 17.6 Å². The second kappa shape index (κ2) is 11.5. The summed E-state index contributed by atoms with van der Waals surface area (Å²) < 4.78 is 58.4. The summed E-state index contributed by atoms with van der Waals surface area (Å²) in [4.78, 5) is 14.9. The lowest BCUT2D eigenvalue weighted by atomic mass is 10.0. The summed E-state index contributed by atoms with van der Waals surface area (Å²) >= 11 is 0. The fourth-order valence-electron chi connectivity index (χ4n) is 4.89. The molecule has 0 aliphatic carbocycles. The normalized spacial score (nSPS) is 24.4. The molecule has 0 bridgehead atoms. The predicted molar refractivity (Wildman–Crippen MR) is 138 cm³/mol. The number of sulfonamides is 1. The van der Waals surface area contributed by atoms with Crippen molar-refractivity contribution in [3.05, 3.63) is 64.7 Å². The van der Waals surface area contributed by atoms with Crippen LogP contribution in [0.1, 0.15) is 33.5 Å². The van der Waals surface area contributed by atoms with Gasteiger partial charge >= 0.3 is 0 Å². The second-order valence-corrected chi connectivity index (χ2v) is 11.9. The Bertz CT molecular complexity index is 1220. The van der Waals surface area contributed by atoms with E-state index in [0.29, 0.717) is 43.0 Å². The number of benzene rings is 2. The first-order valence-corrected chi connectivity index (χ1v) is 14.0. The van der Waals surface area contributed by atoms with E-state index in [-0.39, 0.29) is 24.4 Å². The molecule has 202 valence electrons. The molecule has 2 saturated heterocycles. The Hall–Kier alpha value is -2.53. The van der Waals surface area contributed by atoms with Gasteiger partial charge in [0.05, 0.1) is 31.5 Å². The van der Waals surface area contributed by atoms with Crippen molar-refractivity contribution in [3.63, 3.8) is 0 Å². The fraction of sp³-hybridized carbons (Fsp3) is 0.519. The molecule has 0 aromatic heterocycles. The maximum absolute atomic E-state index is 14.3. The quantitative estimate of drug-likeness (QED) is 0.518. The average molecular weight is 535 g/mol. The summed E-state index contributed by atoms with van der Waals surface area (Å²) in [5.74, 6) is 0.134. The van der Waals surface area contributed by atoms with Crippen LogP contribution in [-0.4, -0.2) is 88.4 Å². The van der Waals surface area contributed by atoms with E-state index in [0.717, 1.165) is 15.4 Å². The SMILES string of the molecule is COC1CN(C(=O)c2cc(C)ccc2C)CC1Oc1cccc(CS(=O)(=O)N(C)[C@@H]2CCOC[C@H]2F)c1. The van der Waals surface area contributed by atoms with Crippen LogP contribution in [0, 0.1) is 13.8 Å². The van der Waals surface area contributed by atoms with Gasteiger partial charge in [0.15, 0.2) is 0 Å². The second-order valence-electron chi connectivity index (χ2n) is 9.83. The maximum Gasteiger partial charge on any atom is 0.254 e. The number of hydrogen-bond acceptors (Lipinski definition) is 6. The zero-order valence-electron chi connectivity index (χ0n) is 21.7. The van der Waals surface area contributed by atoms with Gasteiger partial charge in [0.1, 0.15) is 24.1 Å². The van der Waals surface area contributed by atoms with E-state index >= 15 is 0 Å². The molecule has 0 saturated carbocycles. The molecule has 2 aliphatic heterocycles. The zero-order chi connectivity index (χ0) is 26.7. The molecular formula is C27H35FN2O6S. The highest BCUT2D eigenvalue weighted by molar-refractivity contribution is 7.88. The molecule has 4 atom stereocenters. The topological polar surface area (TPSA) is 85.4 Å². The average Bonchev–Trinajstić information content (AvgIpc) is 3.27. The molecule has 2 aliphatic rings. The number of amides is 1. The number of ether oxygens (including phenoxy) is 3. The molecule has 2 heterocycles. The van der Waals surface area contributed by atoms with E-state index in [1.54, 1.807) is 36.3 Å². The largest absolute Gasteiger partial charge is 0.486 e. The van der Waals surface area contributed by atoms with Crippen LogP contribution < -0.4 is 4.74 Å². The van der Waals surface area contributed by atoms with Gasteiger partial charge in [-0.15, -0.1) is 0 Å².